The fourth-order valence-corrected chi connectivity index (χ4v) is 1.86. The van der Waals surface area contributed by atoms with Gasteiger partial charge in [-0.2, -0.15) is 30.3 Å². The standard InChI is InChI=1S/C11H11.C5H5.CH3.2ClH.Zr/c1-8-6-7-9(2)11-5-3-4-10(8)11;1-2-4-5-3-1;;;;/h3-7H,1-2H3;1-5H;1H3;2*1H;/q3*-1;;;+2/p-2. The largest absolute Gasteiger partial charge is 2.00 e. The van der Waals surface area contributed by atoms with Crippen molar-refractivity contribution in [3.8, 4) is 0 Å². The Hall–Kier alpha value is -0.357. The smallest absolute Gasteiger partial charge is 1.00 e. The molecule has 0 aliphatic heterocycles. The second kappa shape index (κ2) is 12.4. The zero-order valence-corrected chi connectivity index (χ0v) is 16.0. The van der Waals surface area contributed by atoms with E-state index < -0.39 is 0 Å². The van der Waals surface area contributed by atoms with Crippen LogP contribution in [0.5, 0.6) is 0 Å². The number of fused-ring (bicyclic) bond motifs is 1. The van der Waals surface area contributed by atoms with Crippen LogP contribution in [0.2, 0.25) is 0 Å². The van der Waals surface area contributed by atoms with Crippen molar-refractivity contribution in [1.29, 1.82) is 0 Å². The molecule has 0 N–H and O–H groups in total. The van der Waals surface area contributed by atoms with Crippen LogP contribution in [-0.4, -0.2) is 0 Å². The van der Waals surface area contributed by atoms with Crippen LogP contribution in [0, 0.1) is 21.3 Å². The van der Waals surface area contributed by atoms with Crippen molar-refractivity contribution in [3.05, 3.63) is 79.2 Å². The third-order valence-electron chi connectivity index (χ3n) is 2.80. The molecular weight excluding hydrogens is 366 g/mol. The Kier molecular flexibility index (Phi) is 15.3. The molecule has 0 fully saturated rings. The second-order valence-electron chi connectivity index (χ2n) is 4.01. The number of rotatable bonds is 0. The molecule has 3 heteroatoms. The monoisotopic (exact) mass is 383 g/mol. The molecule has 0 aromatic heterocycles. The van der Waals surface area contributed by atoms with E-state index in [9.17, 15) is 0 Å². The number of halogens is 2. The number of benzene rings is 1. The molecule has 3 rings (SSSR count). The van der Waals surface area contributed by atoms with Gasteiger partial charge in [-0.3, -0.25) is 0 Å². The van der Waals surface area contributed by atoms with Crippen molar-refractivity contribution in [1.82, 2.24) is 0 Å². The van der Waals surface area contributed by atoms with Crippen molar-refractivity contribution in [2.24, 2.45) is 0 Å². The molecule has 0 aliphatic carbocycles. The Labute approximate surface area is 154 Å². The summed E-state index contributed by atoms with van der Waals surface area (Å²) in [6, 6.07) is 20.8. The van der Waals surface area contributed by atoms with Crippen LogP contribution in [0.25, 0.3) is 10.8 Å². The maximum atomic E-state index is 2.18. The van der Waals surface area contributed by atoms with E-state index in [0.717, 1.165) is 0 Å². The van der Waals surface area contributed by atoms with Crippen molar-refractivity contribution in [3.63, 3.8) is 0 Å². The Morgan fingerprint density at radius 2 is 1.35 bits per heavy atom. The molecule has 3 aromatic carbocycles. The average Bonchev–Trinajstić information content (AvgIpc) is 2.94. The van der Waals surface area contributed by atoms with Crippen LogP contribution < -0.4 is 24.8 Å². The third-order valence-corrected chi connectivity index (χ3v) is 2.80. The molecule has 3 aromatic rings. The summed E-state index contributed by atoms with van der Waals surface area (Å²) in [4.78, 5) is 0. The molecule has 0 saturated carbocycles. The van der Waals surface area contributed by atoms with Crippen molar-refractivity contribution in [2.45, 2.75) is 13.8 Å². The SMILES string of the molecule is Cc1ccc(C)c2[cH-]ccc12.[CH3-].[Cl-].[Cl-].[Zr+2].c1cc[cH-]c1. The van der Waals surface area contributed by atoms with Crippen LogP contribution in [0.4, 0.5) is 0 Å². The third kappa shape index (κ3) is 6.40. The van der Waals surface area contributed by atoms with E-state index in [2.05, 4.69) is 44.2 Å². The molecule has 0 aliphatic rings. The van der Waals surface area contributed by atoms with Crippen LogP contribution in [0.3, 0.4) is 0 Å². The van der Waals surface area contributed by atoms with Gasteiger partial charge < -0.3 is 32.2 Å². The Balaban J connectivity index is -0.000000283. The maximum absolute atomic E-state index is 2.18. The van der Waals surface area contributed by atoms with Crippen LogP contribution in [-0.2, 0) is 26.2 Å². The van der Waals surface area contributed by atoms with Gasteiger partial charge in [-0.05, 0) is 6.92 Å². The van der Waals surface area contributed by atoms with Crippen molar-refractivity contribution >= 4 is 10.8 Å². The fourth-order valence-electron chi connectivity index (χ4n) is 1.86. The summed E-state index contributed by atoms with van der Waals surface area (Å²) in [7, 11) is 0. The van der Waals surface area contributed by atoms with Gasteiger partial charge in [-0.15, -0.1) is 28.5 Å². The zero-order valence-electron chi connectivity index (χ0n) is 12.0. The first-order valence-electron chi connectivity index (χ1n) is 5.57. The molecule has 0 amide bonds. The van der Waals surface area contributed by atoms with E-state index in [4.69, 9.17) is 0 Å². The van der Waals surface area contributed by atoms with Gasteiger partial charge in [0.05, 0.1) is 0 Å². The van der Waals surface area contributed by atoms with Gasteiger partial charge in [0, 0.05) is 0 Å². The fraction of sp³-hybridized carbons (Fsp3) is 0.118. The van der Waals surface area contributed by atoms with Gasteiger partial charge in [0.2, 0.25) is 0 Å². The molecule has 0 heterocycles. The Morgan fingerprint density at radius 3 is 1.80 bits per heavy atom. The summed E-state index contributed by atoms with van der Waals surface area (Å²) in [5.41, 5.74) is 2.74. The van der Waals surface area contributed by atoms with Gasteiger partial charge in [0.15, 0.2) is 0 Å². The van der Waals surface area contributed by atoms with Gasteiger partial charge in [0.25, 0.3) is 0 Å². The zero-order chi connectivity index (χ0) is 11.4. The molecule has 0 unspecified atom stereocenters. The molecule has 108 valence electrons. The predicted molar refractivity (Wildman–Crippen MR) is 77.5 cm³/mol. The van der Waals surface area contributed by atoms with E-state index in [-0.39, 0.29) is 58.4 Å². The summed E-state index contributed by atoms with van der Waals surface area (Å²) in [6.07, 6.45) is 0. The van der Waals surface area contributed by atoms with E-state index >= 15 is 0 Å². The summed E-state index contributed by atoms with van der Waals surface area (Å²) in [6.45, 7) is 4.31. The minimum atomic E-state index is 0. The van der Waals surface area contributed by atoms with Crippen molar-refractivity contribution in [2.75, 3.05) is 0 Å². The summed E-state index contributed by atoms with van der Waals surface area (Å²) in [5.74, 6) is 0. The topological polar surface area (TPSA) is 0 Å². The molecule has 0 radical (unpaired) electrons. The van der Waals surface area contributed by atoms with E-state index in [1.807, 2.05) is 30.3 Å². The summed E-state index contributed by atoms with van der Waals surface area (Å²) < 4.78 is 0. The summed E-state index contributed by atoms with van der Waals surface area (Å²) in [5, 5.41) is 2.79. The van der Waals surface area contributed by atoms with E-state index in [0.29, 0.717) is 0 Å². The number of hydrogen-bond donors (Lipinski definition) is 0. The quantitative estimate of drug-likeness (QED) is 0.437. The number of hydrogen-bond acceptors (Lipinski definition) is 0. The first-order chi connectivity index (χ1) is 7.79. The molecular formula is C17H19Cl2Zr-3. The van der Waals surface area contributed by atoms with Crippen LogP contribution in [0.15, 0.2) is 60.7 Å². The van der Waals surface area contributed by atoms with Crippen LogP contribution in [0.1, 0.15) is 11.1 Å². The average molecular weight is 385 g/mol. The van der Waals surface area contributed by atoms with Gasteiger partial charge in [0.1, 0.15) is 0 Å². The first kappa shape index (κ1) is 24.6. The predicted octanol–water partition coefficient (Wildman–Crippen LogP) is -0.963. The van der Waals surface area contributed by atoms with Crippen LogP contribution >= 0.6 is 0 Å². The van der Waals surface area contributed by atoms with Gasteiger partial charge >= 0.3 is 26.2 Å². The summed E-state index contributed by atoms with van der Waals surface area (Å²) >= 11 is 0. The Bertz CT molecular complexity index is 500. The minimum Gasteiger partial charge on any atom is -1.00 e. The molecule has 0 saturated heterocycles. The Morgan fingerprint density at radius 1 is 0.800 bits per heavy atom. The number of aryl methyl sites for hydroxylation is 2. The van der Waals surface area contributed by atoms with Gasteiger partial charge in [-0.25, -0.2) is 12.1 Å². The first-order valence-corrected chi connectivity index (χ1v) is 5.57. The molecule has 0 spiro atoms. The molecule has 0 nitrogen and oxygen atoms in total. The minimum absolute atomic E-state index is 0. The van der Waals surface area contributed by atoms with E-state index in [1.54, 1.807) is 0 Å². The van der Waals surface area contributed by atoms with Gasteiger partial charge in [-0.1, -0.05) is 18.6 Å². The molecule has 0 atom stereocenters. The van der Waals surface area contributed by atoms with E-state index in [1.165, 1.54) is 21.9 Å². The molecule has 0 bridgehead atoms. The normalized spacial score (nSPS) is 7.90. The molecule has 20 heavy (non-hydrogen) atoms. The second-order valence-corrected chi connectivity index (χ2v) is 4.01. The van der Waals surface area contributed by atoms with Crippen molar-refractivity contribution < 1.29 is 51.0 Å². The maximum Gasteiger partial charge on any atom is 2.00 e.